The van der Waals surface area contributed by atoms with E-state index in [4.69, 9.17) is 0 Å². The van der Waals surface area contributed by atoms with Gasteiger partial charge in [0.25, 0.3) is 5.91 Å². The van der Waals surface area contributed by atoms with Gasteiger partial charge in [0, 0.05) is 18.7 Å². The van der Waals surface area contributed by atoms with Gasteiger partial charge in [0.2, 0.25) is 11.9 Å². The van der Waals surface area contributed by atoms with E-state index in [9.17, 15) is 22.8 Å². The summed E-state index contributed by atoms with van der Waals surface area (Å²) in [4.78, 5) is 31.3. The highest BCUT2D eigenvalue weighted by molar-refractivity contribution is 6.04. The summed E-state index contributed by atoms with van der Waals surface area (Å²) in [7, 11) is 0. The van der Waals surface area contributed by atoms with Gasteiger partial charge < -0.3 is 9.47 Å². The third kappa shape index (κ3) is 4.62. The summed E-state index contributed by atoms with van der Waals surface area (Å²) in [6.45, 7) is 6.50. The van der Waals surface area contributed by atoms with E-state index in [2.05, 4.69) is 16.9 Å². The molecular formula is C24H23F3N4O2. The van der Waals surface area contributed by atoms with Gasteiger partial charge in [-0.05, 0) is 61.7 Å². The van der Waals surface area contributed by atoms with Gasteiger partial charge in [-0.25, -0.2) is 4.98 Å². The number of piperidine rings is 1. The molecule has 172 valence electrons. The van der Waals surface area contributed by atoms with Gasteiger partial charge in [-0.2, -0.15) is 13.2 Å². The van der Waals surface area contributed by atoms with E-state index < -0.39 is 17.6 Å². The highest BCUT2D eigenvalue weighted by atomic mass is 19.4. The zero-order chi connectivity index (χ0) is 23.8. The topological polar surface area (TPSA) is 67.2 Å². The smallest absolute Gasteiger partial charge is 0.337 e. The monoisotopic (exact) mass is 456 g/mol. The van der Waals surface area contributed by atoms with Crippen LogP contribution in [0.15, 0.2) is 55.1 Å². The van der Waals surface area contributed by atoms with Crippen LogP contribution in [0.4, 0.5) is 19.1 Å². The lowest BCUT2D eigenvalue weighted by atomic mass is 10.0. The third-order valence-electron chi connectivity index (χ3n) is 5.77. The number of carbonyl (C=O) groups excluding carboxylic acids is 2. The number of aryl methyl sites for hydroxylation is 1. The molecule has 4 rings (SSSR count). The molecule has 1 aliphatic heterocycles. The van der Waals surface area contributed by atoms with Crippen molar-refractivity contribution >= 4 is 28.8 Å². The number of nitrogens with one attached hydrogen (secondary N) is 1. The summed E-state index contributed by atoms with van der Waals surface area (Å²) >= 11 is 0. The first-order valence-electron chi connectivity index (χ1n) is 10.6. The largest absolute Gasteiger partial charge is 0.416 e. The Labute approximate surface area is 188 Å². The first-order valence-corrected chi connectivity index (χ1v) is 10.6. The van der Waals surface area contributed by atoms with Crippen molar-refractivity contribution in [2.24, 2.45) is 0 Å². The lowest BCUT2D eigenvalue weighted by Crippen LogP contribution is -2.40. The van der Waals surface area contributed by atoms with Crippen LogP contribution in [-0.4, -0.2) is 39.4 Å². The number of benzene rings is 2. The van der Waals surface area contributed by atoms with Gasteiger partial charge in [-0.1, -0.05) is 18.7 Å². The van der Waals surface area contributed by atoms with E-state index in [1.807, 2.05) is 29.7 Å². The molecule has 6 nitrogen and oxygen atoms in total. The number of alkyl halides is 3. The lowest BCUT2D eigenvalue weighted by molar-refractivity contribution is -0.137. The van der Waals surface area contributed by atoms with Gasteiger partial charge in [-0.15, -0.1) is 0 Å². The maximum absolute atomic E-state index is 13.1. The van der Waals surface area contributed by atoms with Crippen molar-refractivity contribution in [1.29, 1.82) is 0 Å². The van der Waals surface area contributed by atoms with Crippen LogP contribution in [0.5, 0.6) is 0 Å². The molecule has 3 aromatic rings. The number of hydrogen-bond donors (Lipinski definition) is 1. The first-order chi connectivity index (χ1) is 15.7. The molecule has 0 bridgehead atoms. The molecule has 2 heterocycles. The van der Waals surface area contributed by atoms with Crippen LogP contribution in [0.1, 0.15) is 40.4 Å². The minimum Gasteiger partial charge on any atom is -0.337 e. The minimum atomic E-state index is -4.55. The molecule has 33 heavy (non-hydrogen) atoms. The number of halogens is 3. The molecule has 1 atom stereocenters. The quantitative estimate of drug-likeness (QED) is 0.564. The molecule has 0 spiro atoms. The number of nitrogens with zero attached hydrogens (tertiary/aromatic N) is 3. The number of aromatic nitrogens is 2. The van der Waals surface area contributed by atoms with Crippen molar-refractivity contribution in [3.8, 4) is 0 Å². The van der Waals surface area contributed by atoms with Crippen molar-refractivity contribution in [3.05, 3.63) is 71.8 Å². The van der Waals surface area contributed by atoms with E-state index in [1.165, 1.54) is 18.2 Å². The van der Waals surface area contributed by atoms with Crippen LogP contribution in [-0.2, 0) is 11.0 Å². The summed E-state index contributed by atoms with van der Waals surface area (Å²) in [5.41, 5.74) is 1.39. The average molecular weight is 456 g/mol. The number of amides is 2. The Morgan fingerprint density at radius 2 is 2.00 bits per heavy atom. The Kier molecular flexibility index (Phi) is 5.97. The molecular weight excluding hydrogens is 433 g/mol. The second kappa shape index (κ2) is 8.73. The minimum absolute atomic E-state index is 0.119. The number of carbonyl (C=O) groups is 2. The van der Waals surface area contributed by atoms with E-state index in [-0.39, 0.29) is 23.5 Å². The zero-order valence-corrected chi connectivity index (χ0v) is 18.0. The number of anilines is 1. The normalized spacial score (nSPS) is 16.6. The summed E-state index contributed by atoms with van der Waals surface area (Å²) in [6.07, 6.45) is -1.76. The molecule has 0 aliphatic carbocycles. The van der Waals surface area contributed by atoms with Crippen LogP contribution in [0, 0.1) is 6.92 Å². The Bertz CT molecular complexity index is 1230. The number of imidazole rings is 1. The van der Waals surface area contributed by atoms with Crippen molar-refractivity contribution in [1.82, 2.24) is 14.5 Å². The molecule has 2 amide bonds. The predicted molar refractivity (Wildman–Crippen MR) is 119 cm³/mol. The molecule has 2 aromatic carbocycles. The van der Waals surface area contributed by atoms with Crippen LogP contribution >= 0.6 is 0 Å². The fourth-order valence-corrected chi connectivity index (χ4v) is 4.17. The Balaban J connectivity index is 1.71. The Hall–Kier alpha value is -3.62. The molecule has 0 unspecified atom stereocenters. The summed E-state index contributed by atoms with van der Waals surface area (Å²) < 4.78 is 41.1. The average Bonchev–Trinajstić information content (AvgIpc) is 3.14. The zero-order valence-electron chi connectivity index (χ0n) is 18.0. The first kappa shape index (κ1) is 22.6. The van der Waals surface area contributed by atoms with E-state index in [0.29, 0.717) is 18.6 Å². The number of rotatable bonds is 4. The van der Waals surface area contributed by atoms with Gasteiger partial charge in [0.05, 0.1) is 22.6 Å². The van der Waals surface area contributed by atoms with E-state index >= 15 is 0 Å². The second-order valence-corrected chi connectivity index (χ2v) is 8.11. The maximum atomic E-state index is 13.1. The second-order valence-electron chi connectivity index (χ2n) is 8.11. The maximum Gasteiger partial charge on any atom is 0.416 e. The standard InChI is InChI=1S/C24H23F3N4O2/c1-3-21(32)30-11-5-8-18(14-30)31-20-10-9-15(2)12-19(20)28-23(31)29-22(33)16-6-4-7-17(13-16)24(25,26)27/h3-4,6-7,9-10,12-13,18H,1,5,8,11,14H2,2H3,(H,28,29,33)/t18-/m0/s1. The SMILES string of the molecule is C=CC(=O)N1CCC[C@H](n2c(NC(=O)c3cccc(C(F)(F)F)c3)nc3cc(C)ccc32)C1. The van der Waals surface area contributed by atoms with Gasteiger partial charge in [0.15, 0.2) is 0 Å². The highest BCUT2D eigenvalue weighted by Gasteiger charge is 2.31. The fourth-order valence-electron chi connectivity index (χ4n) is 4.17. The summed E-state index contributed by atoms with van der Waals surface area (Å²) in [6, 6.07) is 9.80. The van der Waals surface area contributed by atoms with Crippen molar-refractivity contribution < 1.29 is 22.8 Å². The van der Waals surface area contributed by atoms with Crippen molar-refractivity contribution in [2.45, 2.75) is 32.0 Å². The molecule has 1 N–H and O–H groups in total. The van der Waals surface area contributed by atoms with Gasteiger partial charge >= 0.3 is 6.18 Å². The predicted octanol–water partition coefficient (Wildman–Crippen LogP) is 4.97. The fraction of sp³-hybridized carbons (Fsp3) is 0.292. The summed E-state index contributed by atoms with van der Waals surface area (Å²) in [5.74, 6) is -0.630. The van der Waals surface area contributed by atoms with Crippen LogP contribution in [0.25, 0.3) is 11.0 Å². The Morgan fingerprint density at radius 3 is 2.73 bits per heavy atom. The molecule has 1 aliphatic rings. The third-order valence-corrected chi connectivity index (χ3v) is 5.77. The van der Waals surface area contributed by atoms with Crippen LogP contribution < -0.4 is 5.32 Å². The highest BCUT2D eigenvalue weighted by Crippen LogP contribution is 2.32. The number of hydrogen-bond acceptors (Lipinski definition) is 3. The van der Waals surface area contributed by atoms with Crippen LogP contribution in [0.3, 0.4) is 0 Å². The number of likely N-dealkylation sites (tertiary alicyclic amines) is 1. The molecule has 0 saturated carbocycles. The summed E-state index contributed by atoms with van der Waals surface area (Å²) in [5, 5.41) is 2.69. The van der Waals surface area contributed by atoms with Gasteiger partial charge in [0.1, 0.15) is 0 Å². The molecule has 1 saturated heterocycles. The van der Waals surface area contributed by atoms with E-state index in [1.54, 1.807) is 4.90 Å². The molecule has 1 aromatic heterocycles. The number of fused-ring (bicyclic) bond motifs is 1. The van der Waals surface area contributed by atoms with Crippen molar-refractivity contribution in [3.63, 3.8) is 0 Å². The van der Waals surface area contributed by atoms with Crippen molar-refractivity contribution in [2.75, 3.05) is 18.4 Å². The molecule has 0 radical (unpaired) electrons. The molecule has 9 heteroatoms. The lowest BCUT2D eigenvalue weighted by Gasteiger charge is -2.33. The molecule has 1 fully saturated rings. The van der Waals surface area contributed by atoms with E-state index in [0.717, 1.165) is 36.1 Å². The van der Waals surface area contributed by atoms with Crippen LogP contribution in [0.2, 0.25) is 0 Å². The Morgan fingerprint density at radius 1 is 1.21 bits per heavy atom. The van der Waals surface area contributed by atoms with Gasteiger partial charge in [-0.3, -0.25) is 14.9 Å².